The standard InChI is InChI=1S/C16H19N/c1-4-12(2)15-14-8-6-5-7-13(14)9-10-16(15,3)11-17/h5-10,12,15H,4H2,1-3H3. The third-order valence-corrected chi connectivity index (χ3v) is 4.04. The fourth-order valence-corrected chi connectivity index (χ4v) is 2.88. The van der Waals surface area contributed by atoms with Crippen molar-refractivity contribution >= 4 is 6.08 Å². The van der Waals surface area contributed by atoms with Crippen molar-refractivity contribution in [1.82, 2.24) is 0 Å². The van der Waals surface area contributed by atoms with Crippen molar-refractivity contribution in [1.29, 1.82) is 5.26 Å². The molecule has 0 N–H and O–H groups in total. The van der Waals surface area contributed by atoms with Gasteiger partial charge < -0.3 is 0 Å². The Kier molecular flexibility index (Phi) is 3.07. The van der Waals surface area contributed by atoms with Crippen LogP contribution in [0.2, 0.25) is 0 Å². The smallest absolute Gasteiger partial charge is 0.0799 e. The molecule has 0 aliphatic heterocycles. The summed E-state index contributed by atoms with van der Waals surface area (Å²) in [6.07, 6.45) is 5.27. The average Bonchev–Trinajstić information content (AvgIpc) is 2.38. The maximum atomic E-state index is 9.49. The van der Waals surface area contributed by atoms with Crippen LogP contribution in [-0.4, -0.2) is 0 Å². The maximum absolute atomic E-state index is 9.49. The van der Waals surface area contributed by atoms with Crippen molar-refractivity contribution < 1.29 is 0 Å². The van der Waals surface area contributed by atoms with Gasteiger partial charge in [0, 0.05) is 5.92 Å². The second-order valence-corrected chi connectivity index (χ2v) is 5.22. The van der Waals surface area contributed by atoms with Crippen molar-refractivity contribution in [3.8, 4) is 6.07 Å². The molecule has 1 aromatic rings. The number of nitrogens with zero attached hydrogens (tertiary/aromatic N) is 1. The molecule has 0 amide bonds. The van der Waals surface area contributed by atoms with E-state index < -0.39 is 0 Å². The molecular formula is C16H19N. The zero-order valence-corrected chi connectivity index (χ0v) is 10.8. The third-order valence-electron chi connectivity index (χ3n) is 4.04. The van der Waals surface area contributed by atoms with Crippen LogP contribution in [0.1, 0.15) is 44.2 Å². The summed E-state index contributed by atoms with van der Waals surface area (Å²) in [5.74, 6) is 0.824. The molecule has 0 bridgehead atoms. The number of hydrogen-bond donors (Lipinski definition) is 0. The molecule has 1 aliphatic carbocycles. The van der Waals surface area contributed by atoms with Crippen LogP contribution in [-0.2, 0) is 0 Å². The van der Waals surface area contributed by atoms with E-state index in [1.165, 1.54) is 11.1 Å². The highest BCUT2D eigenvalue weighted by Gasteiger charge is 2.39. The summed E-state index contributed by atoms with van der Waals surface area (Å²) in [6, 6.07) is 10.9. The van der Waals surface area contributed by atoms with E-state index >= 15 is 0 Å². The first-order valence-corrected chi connectivity index (χ1v) is 6.32. The van der Waals surface area contributed by atoms with Crippen molar-refractivity contribution in [3.05, 3.63) is 41.5 Å². The second kappa shape index (κ2) is 4.37. The number of benzene rings is 1. The van der Waals surface area contributed by atoms with Crippen LogP contribution in [0.5, 0.6) is 0 Å². The van der Waals surface area contributed by atoms with Gasteiger partial charge in [0.25, 0.3) is 0 Å². The molecule has 0 saturated carbocycles. The molecule has 1 aromatic carbocycles. The second-order valence-electron chi connectivity index (χ2n) is 5.22. The van der Waals surface area contributed by atoms with Gasteiger partial charge in [0.1, 0.15) is 0 Å². The summed E-state index contributed by atoms with van der Waals surface area (Å²) >= 11 is 0. The van der Waals surface area contributed by atoms with Crippen LogP contribution in [0.3, 0.4) is 0 Å². The average molecular weight is 225 g/mol. The first-order chi connectivity index (χ1) is 8.12. The molecule has 0 fully saturated rings. The van der Waals surface area contributed by atoms with Gasteiger partial charge in [0.15, 0.2) is 0 Å². The minimum absolute atomic E-state index is 0.304. The van der Waals surface area contributed by atoms with Crippen LogP contribution in [0.4, 0.5) is 0 Å². The highest BCUT2D eigenvalue weighted by Crippen LogP contribution is 2.47. The zero-order valence-electron chi connectivity index (χ0n) is 10.8. The zero-order chi connectivity index (χ0) is 12.5. The molecule has 1 nitrogen and oxygen atoms in total. The topological polar surface area (TPSA) is 23.8 Å². The lowest BCUT2D eigenvalue weighted by Gasteiger charge is -2.37. The van der Waals surface area contributed by atoms with Gasteiger partial charge in [-0.05, 0) is 24.0 Å². The summed E-state index contributed by atoms with van der Waals surface area (Å²) < 4.78 is 0. The first-order valence-electron chi connectivity index (χ1n) is 6.32. The van der Waals surface area contributed by atoms with Gasteiger partial charge >= 0.3 is 0 Å². The first kappa shape index (κ1) is 11.9. The number of hydrogen-bond acceptors (Lipinski definition) is 1. The molecule has 0 heterocycles. The molecule has 88 valence electrons. The van der Waals surface area contributed by atoms with Gasteiger partial charge in [-0.3, -0.25) is 0 Å². The quantitative estimate of drug-likeness (QED) is 0.733. The minimum Gasteiger partial charge on any atom is -0.197 e. The van der Waals surface area contributed by atoms with E-state index in [1.54, 1.807) is 0 Å². The van der Waals surface area contributed by atoms with Gasteiger partial charge in [-0.25, -0.2) is 0 Å². The summed E-state index contributed by atoms with van der Waals surface area (Å²) in [7, 11) is 0. The molecule has 1 heteroatoms. The van der Waals surface area contributed by atoms with Crippen LogP contribution in [0.15, 0.2) is 30.3 Å². The van der Waals surface area contributed by atoms with Crippen molar-refractivity contribution in [3.63, 3.8) is 0 Å². The Morgan fingerprint density at radius 2 is 2.12 bits per heavy atom. The molecule has 3 unspecified atom stereocenters. The van der Waals surface area contributed by atoms with E-state index in [4.69, 9.17) is 0 Å². The fourth-order valence-electron chi connectivity index (χ4n) is 2.88. The molecule has 0 radical (unpaired) electrons. The SMILES string of the molecule is CCC(C)C1c2ccccc2C=CC1(C)C#N. The Morgan fingerprint density at radius 3 is 2.76 bits per heavy atom. The van der Waals surface area contributed by atoms with Gasteiger partial charge in [-0.1, -0.05) is 56.7 Å². The van der Waals surface area contributed by atoms with Crippen LogP contribution in [0, 0.1) is 22.7 Å². The Labute approximate surface area is 104 Å². The van der Waals surface area contributed by atoms with E-state index in [9.17, 15) is 5.26 Å². The van der Waals surface area contributed by atoms with E-state index in [0.29, 0.717) is 11.8 Å². The number of nitriles is 1. The van der Waals surface area contributed by atoms with Crippen LogP contribution >= 0.6 is 0 Å². The lowest BCUT2D eigenvalue weighted by molar-refractivity contribution is 0.315. The molecule has 17 heavy (non-hydrogen) atoms. The van der Waals surface area contributed by atoms with Crippen molar-refractivity contribution in [2.24, 2.45) is 11.3 Å². The molecule has 0 saturated heterocycles. The third kappa shape index (κ3) is 1.89. The molecular weight excluding hydrogens is 206 g/mol. The Bertz CT molecular complexity index is 481. The van der Waals surface area contributed by atoms with Gasteiger partial charge in [0.2, 0.25) is 0 Å². The Hall–Kier alpha value is -1.55. The molecule has 0 aromatic heterocycles. The largest absolute Gasteiger partial charge is 0.197 e. The summed E-state index contributed by atoms with van der Waals surface area (Å²) in [5, 5.41) is 9.49. The fraction of sp³-hybridized carbons (Fsp3) is 0.438. The van der Waals surface area contributed by atoms with E-state index in [2.05, 4.69) is 63.3 Å². The lowest BCUT2D eigenvalue weighted by Crippen LogP contribution is -2.29. The summed E-state index contributed by atoms with van der Waals surface area (Å²) in [4.78, 5) is 0. The predicted molar refractivity (Wildman–Crippen MR) is 71.4 cm³/mol. The van der Waals surface area contributed by atoms with Crippen LogP contribution < -0.4 is 0 Å². The van der Waals surface area contributed by atoms with Gasteiger partial charge in [0.05, 0.1) is 11.5 Å². The summed E-state index contributed by atoms with van der Waals surface area (Å²) in [6.45, 7) is 6.50. The highest BCUT2D eigenvalue weighted by molar-refractivity contribution is 5.61. The normalized spacial score (nSPS) is 28.2. The van der Waals surface area contributed by atoms with E-state index in [1.807, 2.05) is 0 Å². The maximum Gasteiger partial charge on any atom is 0.0799 e. The van der Waals surface area contributed by atoms with Gasteiger partial charge in [-0.2, -0.15) is 5.26 Å². The molecule has 3 atom stereocenters. The van der Waals surface area contributed by atoms with Crippen molar-refractivity contribution in [2.75, 3.05) is 0 Å². The minimum atomic E-state index is -0.371. The lowest BCUT2D eigenvalue weighted by atomic mass is 9.64. The predicted octanol–water partition coefficient (Wildman–Crippen LogP) is 4.37. The van der Waals surface area contributed by atoms with Crippen molar-refractivity contribution in [2.45, 2.75) is 33.1 Å². The highest BCUT2D eigenvalue weighted by atomic mass is 14.4. The van der Waals surface area contributed by atoms with Crippen LogP contribution in [0.25, 0.3) is 6.08 Å². The Morgan fingerprint density at radius 1 is 1.41 bits per heavy atom. The Balaban J connectivity index is 2.57. The molecule has 1 aliphatic rings. The van der Waals surface area contributed by atoms with E-state index in [-0.39, 0.29) is 5.41 Å². The number of allylic oxidation sites excluding steroid dienone is 1. The number of rotatable bonds is 2. The molecule has 0 spiro atoms. The monoisotopic (exact) mass is 225 g/mol. The van der Waals surface area contributed by atoms with Gasteiger partial charge in [-0.15, -0.1) is 0 Å². The number of fused-ring (bicyclic) bond motifs is 1. The molecule has 2 rings (SSSR count). The summed E-state index contributed by atoms with van der Waals surface area (Å²) in [5.41, 5.74) is 2.22. The van der Waals surface area contributed by atoms with E-state index in [0.717, 1.165) is 6.42 Å².